The largest absolute Gasteiger partial charge is 0.369 e. The van der Waals surface area contributed by atoms with Gasteiger partial charge in [0.25, 0.3) is 0 Å². The minimum absolute atomic E-state index is 0.336. The fourth-order valence-electron chi connectivity index (χ4n) is 3.47. The molecule has 0 spiro atoms. The average Bonchev–Trinajstić information content (AvgIpc) is 2.92. The molecule has 0 bridgehead atoms. The molecule has 2 heterocycles. The van der Waals surface area contributed by atoms with Gasteiger partial charge in [0, 0.05) is 44.1 Å². The zero-order valence-corrected chi connectivity index (χ0v) is 14.3. The molecule has 1 saturated heterocycles. The Kier molecular flexibility index (Phi) is 4.98. The Labute approximate surface area is 138 Å². The predicted octanol–water partition coefficient (Wildman–Crippen LogP) is 2.11. The fraction of sp³-hybridized carbons (Fsp3) is 0.500. The number of aromatic nitrogens is 2. The summed E-state index contributed by atoms with van der Waals surface area (Å²) in [6, 6.07) is 11.0. The van der Waals surface area contributed by atoms with Gasteiger partial charge in [-0.15, -0.1) is 0 Å². The van der Waals surface area contributed by atoms with E-state index in [0.29, 0.717) is 6.04 Å². The number of hydrogen-bond donors (Lipinski definition) is 2. The van der Waals surface area contributed by atoms with Crippen molar-refractivity contribution in [1.82, 2.24) is 20.2 Å². The highest BCUT2D eigenvalue weighted by Crippen LogP contribution is 2.24. The van der Waals surface area contributed by atoms with Crippen molar-refractivity contribution in [3.63, 3.8) is 0 Å². The number of aromatic amines is 1. The van der Waals surface area contributed by atoms with Crippen LogP contribution >= 0.6 is 0 Å². The molecule has 1 fully saturated rings. The molecule has 1 aliphatic rings. The van der Waals surface area contributed by atoms with Gasteiger partial charge in [0.1, 0.15) is 5.82 Å². The molecule has 124 valence electrons. The monoisotopic (exact) mass is 313 g/mol. The Balaban J connectivity index is 1.70. The fourth-order valence-corrected chi connectivity index (χ4v) is 3.47. The molecule has 3 rings (SSSR count). The zero-order chi connectivity index (χ0) is 16.2. The normalized spacial score (nSPS) is 17.4. The summed E-state index contributed by atoms with van der Waals surface area (Å²) in [4.78, 5) is 13.1. The summed E-state index contributed by atoms with van der Waals surface area (Å²) in [5.74, 6) is 1.00. The first-order chi connectivity index (χ1) is 11.2. The predicted molar refractivity (Wildman–Crippen MR) is 95.0 cm³/mol. The Morgan fingerprint density at radius 2 is 1.83 bits per heavy atom. The van der Waals surface area contributed by atoms with Crippen molar-refractivity contribution in [1.29, 1.82) is 0 Å². The molecule has 1 unspecified atom stereocenters. The second kappa shape index (κ2) is 7.15. The van der Waals surface area contributed by atoms with Gasteiger partial charge in [-0.25, -0.2) is 4.98 Å². The van der Waals surface area contributed by atoms with E-state index in [2.05, 4.69) is 57.4 Å². The molecule has 1 aromatic heterocycles. The maximum Gasteiger partial charge on any atom is 0.103 e. The number of anilines is 1. The molecule has 0 amide bonds. The number of benzene rings is 1. The number of nitrogens with zero attached hydrogens (tertiary/aromatic N) is 3. The van der Waals surface area contributed by atoms with Crippen molar-refractivity contribution in [2.75, 3.05) is 44.7 Å². The van der Waals surface area contributed by atoms with Gasteiger partial charge in [0.05, 0.1) is 11.7 Å². The molecule has 1 atom stereocenters. The van der Waals surface area contributed by atoms with E-state index in [1.165, 1.54) is 17.1 Å². The summed E-state index contributed by atoms with van der Waals surface area (Å²) in [7, 11) is 2.02. The summed E-state index contributed by atoms with van der Waals surface area (Å²) < 4.78 is 0. The summed E-state index contributed by atoms with van der Waals surface area (Å²) in [6.07, 6.45) is 0. The van der Waals surface area contributed by atoms with Crippen molar-refractivity contribution in [3.05, 3.63) is 47.5 Å². The number of nitrogens with one attached hydrogen (secondary N) is 2. The van der Waals surface area contributed by atoms with Gasteiger partial charge in [0.15, 0.2) is 0 Å². The van der Waals surface area contributed by atoms with Crippen LogP contribution in [0.1, 0.15) is 23.3 Å². The number of H-pyrrole nitrogens is 1. The molecule has 2 aromatic rings. The van der Waals surface area contributed by atoms with Crippen LogP contribution in [-0.4, -0.2) is 54.6 Å². The topological polar surface area (TPSA) is 47.2 Å². The summed E-state index contributed by atoms with van der Waals surface area (Å²) in [5.41, 5.74) is 3.70. The molecule has 0 radical (unpaired) electrons. The summed E-state index contributed by atoms with van der Waals surface area (Å²) in [6.45, 7) is 9.33. The summed E-state index contributed by atoms with van der Waals surface area (Å²) in [5, 5.41) is 3.33. The van der Waals surface area contributed by atoms with Gasteiger partial charge in [0.2, 0.25) is 0 Å². The highest BCUT2D eigenvalue weighted by Gasteiger charge is 2.27. The molecule has 5 heteroatoms. The molecule has 0 aliphatic carbocycles. The first kappa shape index (κ1) is 16.0. The third-order valence-electron chi connectivity index (χ3n) is 4.63. The molecule has 0 saturated carbocycles. The lowest BCUT2D eigenvalue weighted by molar-refractivity contribution is 0.180. The maximum absolute atomic E-state index is 4.73. The van der Waals surface area contributed by atoms with E-state index in [1.807, 2.05) is 14.0 Å². The highest BCUT2D eigenvalue weighted by molar-refractivity contribution is 5.46. The maximum atomic E-state index is 4.73. The van der Waals surface area contributed by atoms with Crippen LogP contribution in [0.4, 0.5) is 5.69 Å². The number of imidazole rings is 1. The number of rotatable bonds is 5. The van der Waals surface area contributed by atoms with E-state index in [0.717, 1.165) is 38.5 Å². The van der Waals surface area contributed by atoms with Gasteiger partial charge in [-0.3, -0.25) is 4.90 Å². The number of piperazine rings is 1. The molecule has 1 aromatic carbocycles. The van der Waals surface area contributed by atoms with Gasteiger partial charge in [-0.2, -0.15) is 0 Å². The van der Waals surface area contributed by atoms with Crippen LogP contribution in [-0.2, 0) is 0 Å². The van der Waals surface area contributed by atoms with Crippen molar-refractivity contribution in [3.8, 4) is 0 Å². The van der Waals surface area contributed by atoms with E-state index < -0.39 is 0 Å². The standard InChI is InChI=1S/C18H27N5/c1-14-18(21-15(2)20-14)17(13-19-3)23-11-9-22(10-12-23)16-7-5-4-6-8-16/h4-8,17,19H,9-13H2,1-3H3,(H,20,21). The van der Waals surface area contributed by atoms with Crippen LogP contribution in [0.2, 0.25) is 0 Å². The van der Waals surface area contributed by atoms with Gasteiger partial charge in [-0.1, -0.05) is 18.2 Å². The second-order valence-corrected chi connectivity index (χ2v) is 6.26. The van der Waals surface area contributed by atoms with E-state index >= 15 is 0 Å². The van der Waals surface area contributed by atoms with Crippen LogP contribution in [0.5, 0.6) is 0 Å². The minimum atomic E-state index is 0.336. The first-order valence-electron chi connectivity index (χ1n) is 8.41. The van der Waals surface area contributed by atoms with Crippen LogP contribution in [0.25, 0.3) is 0 Å². The Morgan fingerprint density at radius 3 is 2.39 bits per heavy atom. The molecule has 2 N–H and O–H groups in total. The highest BCUT2D eigenvalue weighted by atomic mass is 15.3. The average molecular weight is 313 g/mol. The Bertz CT molecular complexity index is 614. The van der Waals surface area contributed by atoms with Crippen LogP contribution < -0.4 is 10.2 Å². The lowest BCUT2D eigenvalue weighted by Crippen LogP contribution is -2.49. The third-order valence-corrected chi connectivity index (χ3v) is 4.63. The van der Waals surface area contributed by atoms with Crippen molar-refractivity contribution in [2.24, 2.45) is 0 Å². The minimum Gasteiger partial charge on any atom is -0.369 e. The Hall–Kier alpha value is -1.85. The van der Waals surface area contributed by atoms with E-state index in [4.69, 9.17) is 4.98 Å². The smallest absolute Gasteiger partial charge is 0.103 e. The number of hydrogen-bond acceptors (Lipinski definition) is 4. The van der Waals surface area contributed by atoms with Gasteiger partial charge in [-0.05, 0) is 33.0 Å². The SMILES string of the molecule is CNCC(c1nc(C)[nH]c1C)N1CCN(c2ccccc2)CC1. The van der Waals surface area contributed by atoms with Crippen molar-refractivity contribution < 1.29 is 0 Å². The molecular weight excluding hydrogens is 286 g/mol. The third kappa shape index (κ3) is 3.57. The lowest BCUT2D eigenvalue weighted by atomic mass is 10.1. The van der Waals surface area contributed by atoms with Gasteiger partial charge < -0.3 is 15.2 Å². The quantitative estimate of drug-likeness (QED) is 0.887. The zero-order valence-electron chi connectivity index (χ0n) is 14.3. The second-order valence-electron chi connectivity index (χ2n) is 6.26. The van der Waals surface area contributed by atoms with Crippen molar-refractivity contribution >= 4 is 5.69 Å². The molecular formula is C18H27N5. The van der Waals surface area contributed by atoms with Crippen LogP contribution in [0.3, 0.4) is 0 Å². The van der Waals surface area contributed by atoms with Crippen molar-refractivity contribution in [2.45, 2.75) is 19.9 Å². The van der Waals surface area contributed by atoms with Crippen LogP contribution in [0.15, 0.2) is 30.3 Å². The lowest BCUT2D eigenvalue weighted by Gasteiger charge is -2.40. The van der Waals surface area contributed by atoms with E-state index in [-0.39, 0.29) is 0 Å². The number of aryl methyl sites for hydroxylation is 2. The number of likely N-dealkylation sites (N-methyl/N-ethyl adjacent to an activating group) is 1. The van der Waals surface area contributed by atoms with E-state index in [9.17, 15) is 0 Å². The number of para-hydroxylation sites is 1. The van der Waals surface area contributed by atoms with Crippen LogP contribution in [0, 0.1) is 13.8 Å². The van der Waals surface area contributed by atoms with E-state index in [1.54, 1.807) is 0 Å². The summed E-state index contributed by atoms with van der Waals surface area (Å²) >= 11 is 0. The van der Waals surface area contributed by atoms with Gasteiger partial charge >= 0.3 is 0 Å². The molecule has 23 heavy (non-hydrogen) atoms. The first-order valence-corrected chi connectivity index (χ1v) is 8.41. The Morgan fingerprint density at radius 1 is 1.13 bits per heavy atom. The molecule has 1 aliphatic heterocycles. The molecule has 5 nitrogen and oxygen atoms in total.